The van der Waals surface area contributed by atoms with Crippen LogP contribution in [0.3, 0.4) is 0 Å². The maximum atomic E-state index is 12.8. The van der Waals surface area contributed by atoms with Gasteiger partial charge in [-0.15, -0.1) is 0 Å². The highest BCUT2D eigenvalue weighted by Gasteiger charge is 2.22. The van der Waals surface area contributed by atoms with E-state index < -0.39 is 0 Å². The largest absolute Gasteiger partial charge is 0.350 e. The molecule has 0 saturated carbocycles. The van der Waals surface area contributed by atoms with Crippen LogP contribution in [0.25, 0.3) is 10.9 Å². The van der Waals surface area contributed by atoms with E-state index in [-0.39, 0.29) is 5.91 Å². The van der Waals surface area contributed by atoms with Gasteiger partial charge in [-0.2, -0.15) is 0 Å². The van der Waals surface area contributed by atoms with Crippen molar-refractivity contribution in [2.24, 2.45) is 0 Å². The summed E-state index contributed by atoms with van der Waals surface area (Å²) in [5, 5.41) is 1.10. The lowest BCUT2D eigenvalue weighted by atomic mass is 10.00. The molecule has 1 aliphatic rings. The van der Waals surface area contributed by atoms with Crippen molar-refractivity contribution in [1.29, 1.82) is 0 Å². The number of fused-ring (bicyclic) bond motifs is 2. The Hall–Kier alpha value is -2.55. The van der Waals surface area contributed by atoms with Crippen LogP contribution in [0.1, 0.15) is 27.2 Å². The standard InChI is InChI=1S/C19H18N2O/c1-13-5-4-8-15-11-17(20-18(13)15)19(22)21-10-9-14-6-2-3-7-16(14)12-21/h2-8,11,20H,9-10,12H2,1H3. The number of carbonyl (C=O) groups excluding carboxylic acids is 1. The third kappa shape index (κ3) is 2.10. The van der Waals surface area contributed by atoms with Crippen LogP contribution in [0.2, 0.25) is 0 Å². The minimum Gasteiger partial charge on any atom is -0.350 e. The molecule has 0 bridgehead atoms. The van der Waals surface area contributed by atoms with Crippen molar-refractivity contribution in [3.63, 3.8) is 0 Å². The van der Waals surface area contributed by atoms with Crippen molar-refractivity contribution in [3.8, 4) is 0 Å². The highest BCUT2D eigenvalue weighted by atomic mass is 16.2. The van der Waals surface area contributed by atoms with E-state index in [9.17, 15) is 4.79 Å². The Morgan fingerprint density at radius 2 is 1.91 bits per heavy atom. The first kappa shape index (κ1) is 13.1. The summed E-state index contributed by atoms with van der Waals surface area (Å²) >= 11 is 0. The number of amides is 1. The zero-order chi connectivity index (χ0) is 15.1. The third-order valence-corrected chi connectivity index (χ3v) is 4.51. The maximum Gasteiger partial charge on any atom is 0.270 e. The quantitative estimate of drug-likeness (QED) is 0.729. The predicted octanol–water partition coefficient (Wildman–Crippen LogP) is 3.67. The first-order valence-corrected chi connectivity index (χ1v) is 7.67. The number of carbonyl (C=O) groups is 1. The van der Waals surface area contributed by atoms with Crippen LogP contribution in [0, 0.1) is 6.92 Å². The Bertz CT molecular complexity index is 863. The van der Waals surface area contributed by atoms with E-state index in [1.807, 2.05) is 29.2 Å². The van der Waals surface area contributed by atoms with E-state index in [2.05, 4.69) is 36.2 Å². The van der Waals surface area contributed by atoms with Gasteiger partial charge in [-0.3, -0.25) is 4.79 Å². The summed E-state index contributed by atoms with van der Waals surface area (Å²) in [6.45, 7) is 3.54. The zero-order valence-corrected chi connectivity index (χ0v) is 12.6. The molecule has 0 fully saturated rings. The first-order chi connectivity index (χ1) is 10.7. The van der Waals surface area contributed by atoms with Crippen LogP contribution in [-0.4, -0.2) is 22.3 Å². The molecular formula is C19H18N2O. The zero-order valence-electron chi connectivity index (χ0n) is 12.6. The number of nitrogens with zero attached hydrogens (tertiary/aromatic N) is 1. The summed E-state index contributed by atoms with van der Waals surface area (Å²) in [7, 11) is 0. The maximum absolute atomic E-state index is 12.8. The molecule has 1 amide bonds. The summed E-state index contributed by atoms with van der Waals surface area (Å²) in [6.07, 6.45) is 0.932. The van der Waals surface area contributed by atoms with Crippen LogP contribution in [0.5, 0.6) is 0 Å². The van der Waals surface area contributed by atoms with Gasteiger partial charge in [0.15, 0.2) is 0 Å². The molecule has 0 unspecified atom stereocenters. The van der Waals surface area contributed by atoms with Gasteiger partial charge in [0.05, 0.1) is 0 Å². The van der Waals surface area contributed by atoms with E-state index in [0.29, 0.717) is 12.2 Å². The first-order valence-electron chi connectivity index (χ1n) is 7.67. The van der Waals surface area contributed by atoms with Gasteiger partial charge in [0.1, 0.15) is 5.69 Å². The normalized spacial score (nSPS) is 14.1. The lowest BCUT2D eigenvalue weighted by Gasteiger charge is -2.28. The van der Waals surface area contributed by atoms with Gasteiger partial charge in [0.25, 0.3) is 5.91 Å². The molecule has 22 heavy (non-hydrogen) atoms. The summed E-state index contributed by atoms with van der Waals surface area (Å²) in [6, 6.07) is 16.5. The second-order valence-electron chi connectivity index (χ2n) is 5.97. The molecule has 0 atom stereocenters. The molecule has 1 N–H and O–H groups in total. The molecule has 2 aromatic carbocycles. The van der Waals surface area contributed by atoms with Crippen molar-refractivity contribution >= 4 is 16.8 Å². The van der Waals surface area contributed by atoms with Gasteiger partial charge >= 0.3 is 0 Å². The van der Waals surface area contributed by atoms with Crippen LogP contribution < -0.4 is 0 Å². The Morgan fingerprint density at radius 1 is 1.09 bits per heavy atom. The fourth-order valence-electron chi connectivity index (χ4n) is 3.26. The Kier molecular flexibility index (Phi) is 3.00. The van der Waals surface area contributed by atoms with Crippen LogP contribution >= 0.6 is 0 Å². The molecule has 3 nitrogen and oxygen atoms in total. The minimum absolute atomic E-state index is 0.0881. The average Bonchev–Trinajstić information content (AvgIpc) is 2.99. The van der Waals surface area contributed by atoms with Crippen molar-refractivity contribution in [3.05, 3.63) is 70.9 Å². The van der Waals surface area contributed by atoms with Crippen LogP contribution in [0.15, 0.2) is 48.5 Å². The number of H-pyrrole nitrogens is 1. The van der Waals surface area contributed by atoms with Gasteiger partial charge in [0.2, 0.25) is 0 Å². The van der Waals surface area contributed by atoms with Gasteiger partial charge in [-0.05, 0) is 36.1 Å². The van der Waals surface area contributed by atoms with Crippen molar-refractivity contribution in [1.82, 2.24) is 9.88 Å². The van der Waals surface area contributed by atoms with Gasteiger partial charge in [0, 0.05) is 24.0 Å². The second-order valence-corrected chi connectivity index (χ2v) is 5.97. The smallest absolute Gasteiger partial charge is 0.270 e. The van der Waals surface area contributed by atoms with Crippen molar-refractivity contribution in [2.75, 3.05) is 6.54 Å². The molecule has 0 saturated heterocycles. The predicted molar refractivity (Wildman–Crippen MR) is 87.9 cm³/mol. The molecule has 0 spiro atoms. The number of rotatable bonds is 1. The topological polar surface area (TPSA) is 36.1 Å². The lowest BCUT2D eigenvalue weighted by molar-refractivity contribution is 0.0730. The Morgan fingerprint density at radius 3 is 2.73 bits per heavy atom. The fourth-order valence-corrected chi connectivity index (χ4v) is 3.26. The number of nitrogens with one attached hydrogen (secondary N) is 1. The number of hydrogen-bond acceptors (Lipinski definition) is 1. The average molecular weight is 290 g/mol. The van der Waals surface area contributed by atoms with E-state index >= 15 is 0 Å². The summed E-state index contributed by atoms with van der Waals surface area (Å²) in [4.78, 5) is 18.0. The van der Waals surface area contributed by atoms with Crippen molar-refractivity contribution < 1.29 is 4.79 Å². The summed E-state index contributed by atoms with van der Waals surface area (Å²) < 4.78 is 0. The molecule has 2 heterocycles. The molecule has 3 heteroatoms. The molecule has 1 aliphatic heterocycles. The number of para-hydroxylation sites is 1. The highest BCUT2D eigenvalue weighted by Crippen LogP contribution is 2.23. The number of aromatic nitrogens is 1. The Labute approximate surface area is 129 Å². The molecule has 110 valence electrons. The van der Waals surface area contributed by atoms with E-state index in [4.69, 9.17) is 0 Å². The molecule has 4 rings (SSSR count). The fraction of sp³-hybridized carbons (Fsp3) is 0.211. The van der Waals surface area contributed by atoms with Gasteiger partial charge in [-0.25, -0.2) is 0 Å². The second kappa shape index (κ2) is 5.02. The van der Waals surface area contributed by atoms with Gasteiger partial charge < -0.3 is 9.88 Å². The van der Waals surface area contributed by atoms with Crippen molar-refractivity contribution in [2.45, 2.75) is 19.9 Å². The van der Waals surface area contributed by atoms with Crippen LogP contribution in [0.4, 0.5) is 0 Å². The van der Waals surface area contributed by atoms with Gasteiger partial charge in [-0.1, -0.05) is 42.5 Å². The third-order valence-electron chi connectivity index (χ3n) is 4.51. The van der Waals surface area contributed by atoms with E-state index in [0.717, 1.165) is 23.9 Å². The number of hydrogen-bond donors (Lipinski definition) is 1. The van der Waals surface area contributed by atoms with E-state index in [1.165, 1.54) is 16.7 Å². The molecule has 1 aromatic heterocycles. The monoisotopic (exact) mass is 290 g/mol. The molecular weight excluding hydrogens is 272 g/mol. The highest BCUT2D eigenvalue weighted by molar-refractivity contribution is 5.98. The van der Waals surface area contributed by atoms with E-state index in [1.54, 1.807) is 0 Å². The van der Waals surface area contributed by atoms with Crippen LogP contribution in [-0.2, 0) is 13.0 Å². The number of benzene rings is 2. The lowest BCUT2D eigenvalue weighted by Crippen LogP contribution is -2.36. The molecule has 0 aliphatic carbocycles. The summed E-state index contributed by atoms with van der Waals surface area (Å²) in [5.74, 6) is 0.0881. The molecule has 0 radical (unpaired) electrons. The summed E-state index contributed by atoms with van der Waals surface area (Å²) in [5.41, 5.74) is 5.53. The SMILES string of the molecule is Cc1cccc2cc(C(=O)N3CCc4ccccc4C3)[nH]c12. The Balaban J connectivity index is 1.65. The minimum atomic E-state index is 0.0881. The number of aryl methyl sites for hydroxylation is 1. The molecule has 3 aromatic rings. The number of aromatic amines is 1.